The molecule has 3 heteroatoms. The lowest BCUT2D eigenvalue weighted by molar-refractivity contribution is -0.130. The van der Waals surface area contributed by atoms with E-state index in [9.17, 15) is 4.79 Å². The van der Waals surface area contributed by atoms with Crippen LogP contribution in [0.1, 0.15) is 27.2 Å². The van der Waals surface area contributed by atoms with Gasteiger partial charge in [-0.2, -0.15) is 0 Å². The fourth-order valence-corrected chi connectivity index (χ4v) is 2.02. The highest BCUT2D eigenvalue weighted by atomic mass is 16.2. The minimum absolute atomic E-state index is 0.0932. The SMILES string of the molecule is CC(C)C1CC(C)N(C(=O)CN)C1. The smallest absolute Gasteiger partial charge is 0.236 e. The number of hydrogen-bond acceptors (Lipinski definition) is 2. The maximum absolute atomic E-state index is 11.4. The molecule has 0 saturated carbocycles. The molecule has 0 aromatic rings. The van der Waals surface area contributed by atoms with Gasteiger partial charge in [0.05, 0.1) is 6.54 Å². The number of rotatable bonds is 2. The maximum atomic E-state index is 11.4. The summed E-state index contributed by atoms with van der Waals surface area (Å²) in [7, 11) is 0. The molecule has 1 fully saturated rings. The third kappa shape index (κ3) is 2.21. The van der Waals surface area contributed by atoms with Crippen LogP contribution >= 0.6 is 0 Å². The molecular weight excluding hydrogens is 164 g/mol. The lowest BCUT2D eigenvalue weighted by Crippen LogP contribution is -2.38. The Morgan fingerprint density at radius 2 is 2.23 bits per heavy atom. The molecule has 0 spiro atoms. The predicted molar refractivity (Wildman–Crippen MR) is 53.2 cm³/mol. The number of nitrogens with zero attached hydrogens (tertiary/aromatic N) is 1. The molecular formula is C10H20N2O. The Morgan fingerprint density at radius 1 is 1.62 bits per heavy atom. The molecule has 1 aliphatic heterocycles. The fraction of sp³-hybridized carbons (Fsp3) is 0.900. The van der Waals surface area contributed by atoms with Gasteiger partial charge in [-0.05, 0) is 25.2 Å². The van der Waals surface area contributed by atoms with Crippen LogP contribution in [0.5, 0.6) is 0 Å². The molecule has 1 amide bonds. The molecule has 2 unspecified atom stereocenters. The molecule has 13 heavy (non-hydrogen) atoms. The van der Waals surface area contributed by atoms with Crippen LogP contribution in [0, 0.1) is 11.8 Å². The van der Waals surface area contributed by atoms with Crippen LogP contribution in [0.4, 0.5) is 0 Å². The summed E-state index contributed by atoms with van der Waals surface area (Å²) in [6.45, 7) is 7.58. The van der Waals surface area contributed by atoms with E-state index in [4.69, 9.17) is 5.73 Å². The molecule has 2 atom stereocenters. The summed E-state index contributed by atoms with van der Waals surface area (Å²) in [4.78, 5) is 13.3. The lowest BCUT2D eigenvalue weighted by Gasteiger charge is -2.20. The fourth-order valence-electron chi connectivity index (χ4n) is 2.02. The van der Waals surface area contributed by atoms with Crippen molar-refractivity contribution in [2.75, 3.05) is 13.1 Å². The highest BCUT2D eigenvalue weighted by Gasteiger charge is 2.32. The average molecular weight is 184 g/mol. The van der Waals surface area contributed by atoms with E-state index in [2.05, 4.69) is 20.8 Å². The van der Waals surface area contributed by atoms with Crippen LogP contribution in [0.3, 0.4) is 0 Å². The summed E-state index contributed by atoms with van der Waals surface area (Å²) >= 11 is 0. The van der Waals surface area contributed by atoms with E-state index in [0.717, 1.165) is 13.0 Å². The van der Waals surface area contributed by atoms with Gasteiger partial charge in [0.25, 0.3) is 0 Å². The second-order valence-electron chi connectivity index (χ2n) is 4.34. The first kappa shape index (κ1) is 10.5. The van der Waals surface area contributed by atoms with Crippen LogP contribution in [-0.4, -0.2) is 29.9 Å². The van der Waals surface area contributed by atoms with Gasteiger partial charge < -0.3 is 10.6 Å². The number of hydrogen-bond donors (Lipinski definition) is 1. The number of carbonyl (C=O) groups excluding carboxylic acids is 1. The normalized spacial score (nSPS) is 28.5. The second-order valence-corrected chi connectivity index (χ2v) is 4.34. The van der Waals surface area contributed by atoms with Crippen LogP contribution < -0.4 is 5.73 Å². The van der Waals surface area contributed by atoms with Gasteiger partial charge in [0.1, 0.15) is 0 Å². The molecule has 0 aromatic carbocycles. The topological polar surface area (TPSA) is 46.3 Å². The first-order chi connectivity index (χ1) is 6.06. The first-order valence-corrected chi connectivity index (χ1v) is 5.05. The average Bonchev–Trinajstić information content (AvgIpc) is 2.46. The van der Waals surface area contributed by atoms with E-state index in [1.807, 2.05) is 4.90 Å². The Kier molecular flexibility index (Phi) is 3.31. The van der Waals surface area contributed by atoms with Crippen molar-refractivity contribution in [2.45, 2.75) is 33.2 Å². The van der Waals surface area contributed by atoms with Crippen molar-refractivity contribution in [2.24, 2.45) is 17.6 Å². The van der Waals surface area contributed by atoms with E-state index in [1.54, 1.807) is 0 Å². The van der Waals surface area contributed by atoms with E-state index in [1.165, 1.54) is 0 Å². The Balaban J connectivity index is 2.56. The Hall–Kier alpha value is -0.570. The van der Waals surface area contributed by atoms with Gasteiger partial charge in [-0.1, -0.05) is 13.8 Å². The van der Waals surface area contributed by atoms with Crippen molar-refractivity contribution < 1.29 is 4.79 Å². The molecule has 1 rings (SSSR count). The molecule has 76 valence electrons. The Labute approximate surface area is 80.3 Å². The van der Waals surface area contributed by atoms with Crippen LogP contribution in [0.25, 0.3) is 0 Å². The maximum Gasteiger partial charge on any atom is 0.236 e. The van der Waals surface area contributed by atoms with Gasteiger partial charge >= 0.3 is 0 Å². The van der Waals surface area contributed by atoms with E-state index in [0.29, 0.717) is 17.9 Å². The van der Waals surface area contributed by atoms with Crippen molar-refractivity contribution >= 4 is 5.91 Å². The van der Waals surface area contributed by atoms with Gasteiger partial charge in [0.2, 0.25) is 5.91 Å². The molecule has 3 nitrogen and oxygen atoms in total. The van der Waals surface area contributed by atoms with E-state index >= 15 is 0 Å². The van der Waals surface area contributed by atoms with Gasteiger partial charge in [-0.3, -0.25) is 4.79 Å². The summed E-state index contributed by atoms with van der Waals surface area (Å²) in [6, 6.07) is 0.378. The van der Waals surface area contributed by atoms with E-state index < -0.39 is 0 Å². The Bertz CT molecular complexity index is 191. The second kappa shape index (κ2) is 4.09. The molecule has 0 bridgehead atoms. The molecule has 0 radical (unpaired) electrons. The number of likely N-dealkylation sites (tertiary alicyclic amines) is 1. The zero-order chi connectivity index (χ0) is 10.0. The summed E-state index contributed by atoms with van der Waals surface area (Å²) in [5.41, 5.74) is 5.34. The molecule has 1 heterocycles. The van der Waals surface area contributed by atoms with Crippen molar-refractivity contribution in [3.05, 3.63) is 0 Å². The van der Waals surface area contributed by atoms with Crippen LogP contribution in [0.15, 0.2) is 0 Å². The standard InChI is InChI=1S/C10H20N2O/c1-7(2)9-4-8(3)12(6-9)10(13)5-11/h7-9H,4-6,11H2,1-3H3. The monoisotopic (exact) mass is 184 g/mol. The number of nitrogens with two attached hydrogens (primary N) is 1. The number of amides is 1. The van der Waals surface area contributed by atoms with Crippen molar-refractivity contribution in [1.82, 2.24) is 4.90 Å². The third-order valence-corrected chi connectivity index (χ3v) is 3.04. The Morgan fingerprint density at radius 3 is 2.62 bits per heavy atom. The summed E-state index contributed by atoms with van der Waals surface area (Å²) in [5, 5.41) is 0. The number of carbonyl (C=O) groups is 1. The molecule has 1 saturated heterocycles. The van der Waals surface area contributed by atoms with Crippen LogP contribution in [-0.2, 0) is 4.79 Å². The van der Waals surface area contributed by atoms with Crippen molar-refractivity contribution in [3.63, 3.8) is 0 Å². The van der Waals surface area contributed by atoms with Gasteiger partial charge in [-0.25, -0.2) is 0 Å². The zero-order valence-electron chi connectivity index (χ0n) is 8.79. The largest absolute Gasteiger partial charge is 0.339 e. The highest BCUT2D eigenvalue weighted by molar-refractivity contribution is 5.78. The lowest BCUT2D eigenvalue weighted by atomic mass is 9.94. The van der Waals surface area contributed by atoms with Crippen molar-refractivity contribution in [3.8, 4) is 0 Å². The van der Waals surface area contributed by atoms with Crippen LogP contribution in [0.2, 0.25) is 0 Å². The minimum atomic E-state index is 0.0932. The third-order valence-electron chi connectivity index (χ3n) is 3.04. The predicted octanol–water partition coefficient (Wildman–Crippen LogP) is 0.838. The molecule has 0 aromatic heterocycles. The van der Waals surface area contributed by atoms with Gasteiger partial charge in [0, 0.05) is 12.6 Å². The molecule has 0 aliphatic carbocycles. The van der Waals surface area contributed by atoms with Gasteiger partial charge in [0.15, 0.2) is 0 Å². The van der Waals surface area contributed by atoms with E-state index in [-0.39, 0.29) is 12.5 Å². The summed E-state index contributed by atoms with van der Waals surface area (Å²) < 4.78 is 0. The summed E-state index contributed by atoms with van der Waals surface area (Å²) in [5.74, 6) is 1.42. The zero-order valence-corrected chi connectivity index (χ0v) is 8.79. The van der Waals surface area contributed by atoms with Gasteiger partial charge in [-0.15, -0.1) is 0 Å². The molecule has 1 aliphatic rings. The molecule has 2 N–H and O–H groups in total. The minimum Gasteiger partial charge on any atom is -0.339 e. The highest BCUT2D eigenvalue weighted by Crippen LogP contribution is 2.28. The van der Waals surface area contributed by atoms with Crippen molar-refractivity contribution in [1.29, 1.82) is 0 Å². The summed E-state index contributed by atoms with van der Waals surface area (Å²) in [6.07, 6.45) is 1.13. The first-order valence-electron chi connectivity index (χ1n) is 5.05. The quantitative estimate of drug-likeness (QED) is 0.691.